The van der Waals surface area contributed by atoms with E-state index in [9.17, 15) is 0 Å². The molecule has 0 bridgehead atoms. The molecule has 0 spiro atoms. The third kappa shape index (κ3) is 5.44. The van der Waals surface area contributed by atoms with Gasteiger partial charge in [-0.2, -0.15) is 0 Å². The Kier molecular flexibility index (Phi) is 6.25. The molecule has 118 valence electrons. The highest BCUT2D eigenvalue weighted by atomic mass is 15.2. The third-order valence-electron chi connectivity index (χ3n) is 4.35. The van der Waals surface area contributed by atoms with Crippen LogP contribution in [-0.2, 0) is 6.42 Å². The number of unbranched alkanes of at least 4 members (excludes halogenated alkanes) is 1. The van der Waals surface area contributed by atoms with Crippen molar-refractivity contribution in [2.75, 3.05) is 13.1 Å². The Balaban J connectivity index is 1.90. The fraction of sp³-hybridized carbons (Fsp3) is 0.684. The molecule has 0 radical (unpaired) electrons. The number of hydrogen-bond acceptors (Lipinski definition) is 2. The van der Waals surface area contributed by atoms with E-state index >= 15 is 0 Å². The van der Waals surface area contributed by atoms with E-state index in [-0.39, 0.29) is 6.04 Å². The molecular weight excluding hydrogens is 256 g/mol. The summed E-state index contributed by atoms with van der Waals surface area (Å²) in [6, 6.07) is 9.92. The van der Waals surface area contributed by atoms with Gasteiger partial charge in [0.15, 0.2) is 0 Å². The van der Waals surface area contributed by atoms with Gasteiger partial charge in [0.2, 0.25) is 0 Å². The Morgan fingerprint density at radius 2 is 1.86 bits per heavy atom. The zero-order valence-electron chi connectivity index (χ0n) is 14.0. The van der Waals surface area contributed by atoms with Crippen molar-refractivity contribution < 1.29 is 0 Å². The van der Waals surface area contributed by atoms with Gasteiger partial charge in [-0.05, 0) is 49.3 Å². The number of nitrogens with zero attached hydrogens (tertiary/aromatic N) is 1. The van der Waals surface area contributed by atoms with Gasteiger partial charge >= 0.3 is 0 Å². The van der Waals surface area contributed by atoms with Gasteiger partial charge in [-0.1, -0.05) is 51.5 Å². The van der Waals surface area contributed by atoms with Crippen LogP contribution >= 0.6 is 0 Å². The maximum atomic E-state index is 6.44. The summed E-state index contributed by atoms with van der Waals surface area (Å²) in [5, 5.41) is 0. The monoisotopic (exact) mass is 288 g/mol. The van der Waals surface area contributed by atoms with Gasteiger partial charge < -0.3 is 5.73 Å². The van der Waals surface area contributed by atoms with Crippen molar-refractivity contribution in [3.63, 3.8) is 0 Å². The zero-order valence-corrected chi connectivity index (χ0v) is 14.0. The molecule has 1 aliphatic rings. The van der Waals surface area contributed by atoms with Crippen molar-refractivity contribution in [2.45, 2.75) is 65.0 Å². The molecule has 0 aromatic heterocycles. The van der Waals surface area contributed by atoms with E-state index in [2.05, 4.69) is 49.9 Å². The van der Waals surface area contributed by atoms with E-state index in [1.807, 2.05) is 0 Å². The lowest BCUT2D eigenvalue weighted by Gasteiger charge is -2.25. The SMILES string of the molecule is CCCCN(CC(N)c1ccc(CC(C)C)cc1)C1CC1. The molecule has 1 atom stereocenters. The minimum Gasteiger partial charge on any atom is -0.323 e. The van der Waals surface area contributed by atoms with Crippen molar-refractivity contribution in [3.8, 4) is 0 Å². The average molecular weight is 288 g/mol. The van der Waals surface area contributed by atoms with Crippen LogP contribution in [0.5, 0.6) is 0 Å². The maximum Gasteiger partial charge on any atom is 0.0424 e. The molecule has 1 fully saturated rings. The van der Waals surface area contributed by atoms with E-state index in [1.54, 1.807) is 0 Å². The summed E-state index contributed by atoms with van der Waals surface area (Å²) in [6.45, 7) is 9.01. The normalized spacial score (nSPS) is 16.7. The van der Waals surface area contributed by atoms with E-state index in [4.69, 9.17) is 5.73 Å². The van der Waals surface area contributed by atoms with Crippen LogP contribution < -0.4 is 5.73 Å². The van der Waals surface area contributed by atoms with Crippen LogP contribution in [-0.4, -0.2) is 24.0 Å². The second kappa shape index (κ2) is 7.95. The van der Waals surface area contributed by atoms with E-state index < -0.39 is 0 Å². The topological polar surface area (TPSA) is 29.3 Å². The lowest BCUT2D eigenvalue weighted by Crippen LogP contribution is -2.34. The Hall–Kier alpha value is -0.860. The molecule has 1 aliphatic carbocycles. The minimum atomic E-state index is 0.149. The van der Waals surface area contributed by atoms with Crippen LogP contribution in [0.15, 0.2) is 24.3 Å². The molecule has 1 aromatic carbocycles. The molecule has 2 nitrogen and oxygen atoms in total. The number of hydrogen-bond donors (Lipinski definition) is 1. The summed E-state index contributed by atoms with van der Waals surface area (Å²) in [7, 11) is 0. The van der Waals surface area contributed by atoms with Crippen LogP contribution in [0.2, 0.25) is 0 Å². The molecule has 0 saturated heterocycles. The molecule has 2 N–H and O–H groups in total. The van der Waals surface area contributed by atoms with Crippen molar-refractivity contribution in [2.24, 2.45) is 11.7 Å². The summed E-state index contributed by atoms with van der Waals surface area (Å²) in [6.07, 6.45) is 6.44. The fourth-order valence-corrected chi connectivity index (χ4v) is 2.95. The lowest BCUT2D eigenvalue weighted by molar-refractivity contribution is 0.244. The summed E-state index contributed by atoms with van der Waals surface area (Å²) in [5.41, 5.74) is 9.15. The Morgan fingerprint density at radius 3 is 2.38 bits per heavy atom. The van der Waals surface area contributed by atoms with Gasteiger partial charge in [0.1, 0.15) is 0 Å². The Bertz CT molecular complexity index is 406. The lowest BCUT2D eigenvalue weighted by atomic mass is 9.99. The minimum absolute atomic E-state index is 0.149. The van der Waals surface area contributed by atoms with Gasteiger partial charge in [0.05, 0.1) is 0 Å². The first kappa shape index (κ1) is 16.5. The molecule has 21 heavy (non-hydrogen) atoms. The fourth-order valence-electron chi connectivity index (χ4n) is 2.95. The quantitative estimate of drug-likeness (QED) is 0.739. The summed E-state index contributed by atoms with van der Waals surface area (Å²) in [4.78, 5) is 2.61. The molecule has 1 aromatic rings. The number of rotatable bonds is 9. The smallest absolute Gasteiger partial charge is 0.0424 e. The van der Waals surface area contributed by atoms with Crippen LogP contribution in [0.1, 0.15) is 63.6 Å². The van der Waals surface area contributed by atoms with Gasteiger partial charge in [0, 0.05) is 18.6 Å². The second-order valence-electron chi connectivity index (χ2n) is 7.03. The standard InChI is InChI=1S/C19H32N2/c1-4-5-12-21(18-10-11-18)14-19(20)17-8-6-16(7-9-17)13-15(2)3/h6-9,15,18-19H,4-5,10-14,20H2,1-3H3. The third-order valence-corrected chi connectivity index (χ3v) is 4.35. The highest BCUT2D eigenvalue weighted by molar-refractivity contribution is 5.25. The van der Waals surface area contributed by atoms with Crippen LogP contribution in [0.4, 0.5) is 0 Å². The molecule has 0 amide bonds. The van der Waals surface area contributed by atoms with Gasteiger partial charge in [-0.25, -0.2) is 0 Å². The van der Waals surface area contributed by atoms with Crippen molar-refractivity contribution in [1.82, 2.24) is 4.90 Å². The van der Waals surface area contributed by atoms with E-state index in [0.29, 0.717) is 5.92 Å². The Labute approximate surface area is 130 Å². The van der Waals surface area contributed by atoms with E-state index in [0.717, 1.165) is 19.0 Å². The zero-order chi connectivity index (χ0) is 15.2. The van der Waals surface area contributed by atoms with Gasteiger partial charge in [-0.15, -0.1) is 0 Å². The maximum absolute atomic E-state index is 6.44. The van der Waals surface area contributed by atoms with Crippen LogP contribution in [0.3, 0.4) is 0 Å². The molecule has 2 rings (SSSR count). The summed E-state index contributed by atoms with van der Waals surface area (Å²) in [5.74, 6) is 0.712. The summed E-state index contributed by atoms with van der Waals surface area (Å²) >= 11 is 0. The molecule has 2 heteroatoms. The first-order chi connectivity index (χ1) is 10.1. The van der Waals surface area contributed by atoms with Gasteiger partial charge in [-0.3, -0.25) is 4.90 Å². The molecule has 1 unspecified atom stereocenters. The molecule has 0 aliphatic heterocycles. The van der Waals surface area contributed by atoms with Crippen LogP contribution in [0.25, 0.3) is 0 Å². The molecular formula is C19H32N2. The predicted molar refractivity (Wildman–Crippen MR) is 91.4 cm³/mol. The van der Waals surface area contributed by atoms with Crippen molar-refractivity contribution in [3.05, 3.63) is 35.4 Å². The average Bonchev–Trinajstić information content (AvgIpc) is 3.28. The largest absolute Gasteiger partial charge is 0.323 e. The number of nitrogens with two attached hydrogens (primary N) is 1. The first-order valence-electron chi connectivity index (χ1n) is 8.68. The number of benzene rings is 1. The predicted octanol–water partition coefficient (Wildman–Crippen LogP) is 4.15. The van der Waals surface area contributed by atoms with Crippen molar-refractivity contribution >= 4 is 0 Å². The van der Waals surface area contributed by atoms with Crippen LogP contribution in [0, 0.1) is 5.92 Å². The summed E-state index contributed by atoms with van der Waals surface area (Å²) < 4.78 is 0. The molecule has 1 saturated carbocycles. The Morgan fingerprint density at radius 1 is 1.19 bits per heavy atom. The highest BCUT2D eigenvalue weighted by Gasteiger charge is 2.29. The van der Waals surface area contributed by atoms with Gasteiger partial charge in [0.25, 0.3) is 0 Å². The second-order valence-corrected chi connectivity index (χ2v) is 7.03. The van der Waals surface area contributed by atoms with Crippen molar-refractivity contribution in [1.29, 1.82) is 0 Å². The molecule has 0 heterocycles. The first-order valence-corrected chi connectivity index (χ1v) is 8.68. The highest BCUT2D eigenvalue weighted by Crippen LogP contribution is 2.28. The van der Waals surface area contributed by atoms with E-state index in [1.165, 1.54) is 43.4 Å².